The Morgan fingerprint density at radius 2 is 1.62 bits per heavy atom. The fraction of sp³-hybridized carbons (Fsp3) is 0.696. The summed E-state index contributed by atoms with van der Waals surface area (Å²) in [7, 11) is 0. The van der Waals surface area contributed by atoms with Gasteiger partial charge in [0.2, 0.25) is 0 Å². The van der Waals surface area contributed by atoms with Crippen LogP contribution >= 0.6 is 0 Å². The molecule has 0 aliphatic heterocycles. The molecule has 144 valence electrons. The van der Waals surface area contributed by atoms with Crippen LogP contribution in [0.1, 0.15) is 71.6 Å². The third-order valence-corrected chi connectivity index (χ3v) is 6.27. The summed E-state index contributed by atoms with van der Waals surface area (Å²) < 4.78 is 11.2. The van der Waals surface area contributed by atoms with Gasteiger partial charge >= 0.3 is 5.97 Å². The minimum Gasteiger partial charge on any atom is -0.494 e. The van der Waals surface area contributed by atoms with Gasteiger partial charge in [0.25, 0.3) is 0 Å². The van der Waals surface area contributed by atoms with Crippen molar-refractivity contribution in [2.24, 2.45) is 23.7 Å². The van der Waals surface area contributed by atoms with E-state index in [1.54, 1.807) is 0 Å². The van der Waals surface area contributed by atoms with Gasteiger partial charge in [0, 0.05) is 0 Å². The maximum absolute atomic E-state index is 12.6. The van der Waals surface area contributed by atoms with E-state index >= 15 is 0 Å². The average molecular weight is 359 g/mol. The molecule has 0 saturated heterocycles. The number of benzene rings is 1. The molecule has 0 aromatic heterocycles. The molecule has 2 unspecified atom stereocenters. The van der Waals surface area contributed by atoms with Gasteiger partial charge in [-0.1, -0.05) is 33.1 Å². The second-order valence-electron chi connectivity index (χ2n) is 8.24. The molecule has 4 atom stereocenters. The van der Waals surface area contributed by atoms with Gasteiger partial charge in [-0.15, -0.1) is 0 Å². The van der Waals surface area contributed by atoms with Crippen LogP contribution in [-0.4, -0.2) is 12.6 Å². The molecular formula is C23H34O3. The molecule has 3 heteroatoms. The first-order chi connectivity index (χ1) is 12.7. The highest BCUT2D eigenvalue weighted by atomic mass is 16.5. The van der Waals surface area contributed by atoms with Crippen LogP contribution in [0.15, 0.2) is 24.3 Å². The molecule has 2 saturated carbocycles. The Hall–Kier alpha value is -1.51. The number of hydrogen-bond donors (Lipinski definition) is 0. The van der Waals surface area contributed by atoms with Crippen LogP contribution in [0.4, 0.5) is 0 Å². The average Bonchev–Trinajstić information content (AvgIpc) is 2.67. The molecule has 0 amide bonds. The molecule has 0 N–H and O–H groups in total. The fourth-order valence-electron chi connectivity index (χ4n) is 4.89. The van der Waals surface area contributed by atoms with Gasteiger partial charge in [-0.3, -0.25) is 4.79 Å². The number of carbonyl (C=O) groups excluding carboxylic acids is 1. The SMILES string of the molecule is CCCOc1ccc(OC(=O)[C@@H]2CC[C@@H]3CC(CCC)CCC3C2)cc1. The summed E-state index contributed by atoms with van der Waals surface area (Å²) in [5, 5.41) is 0. The maximum atomic E-state index is 12.6. The first-order valence-corrected chi connectivity index (χ1v) is 10.6. The molecule has 0 bridgehead atoms. The standard InChI is InChI=1S/C23H34O3/c1-3-5-17-6-7-19-16-20(9-8-18(19)15-17)23(24)26-22-12-10-21(11-13-22)25-14-4-2/h10-13,17-20H,3-9,14-16H2,1-2H3/t17?,18-,19?,20-/m1/s1. The number of ether oxygens (including phenoxy) is 2. The molecule has 3 rings (SSSR count). The molecule has 0 radical (unpaired) electrons. The molecule has 2 aliphatic rings. The van der Waals surface area contributed by atoms with Crippen LogP contribution in [0.25, 0.3) is 0 Å². The smallest absolute Gasteiger partial charge is 0.314 e. The maximum Gasteiger partial charge on any atom is 0.314 e. The Kier molecular flexibility index (Phi) is 6.99. The van der Waals surface area contributed by atoms with Gasteiger partial charge in [0.05, 0.1) is 12.5 Å². The Balaban J connectivity index is 1.49. The van der Waals surface area contributed by atoms with E-state index in [1.165, 1.54) is 38.5 Å². The molecule has 26 heavy (non-hydrogen) atoms. The van der Waals surface area contributed by atoms with Crippen LogP contribution in [0.2, 0.25) is 0 Å². The monoisotopic (exact) mass is 358 g/mol. The van der Waals surface area contributed by atoms with Crippen molar-refractivity contribution >= 4 is 5.97 Å². The zero-order chi connectivity index (χ0) is 18.4. The lowest BCUT2D eigenvalue weighted by molar-refractivity contribution is -0.141. The van der Waals surface area contributed by atoms with Gasteiger partial charge < -0.3 is 9.47 Å². The van der Waals surface area contributed by atoms with E-state index in [2.05, 4.69) is 13.8 Å². The van der Waals surface area contributed by atoms with E-state index in [0.29, 0.717) is 12.4 Å². The lowest BCUT2D eigenvalue weighted by Gasteiger charge is -2.41. The lowest BCUT2D eigenvalue weighted by Crippen LogP contribution is -2.35. The fourth-order valence-corrected chi connectivity index (χ4v) is 4.89. The predicted molar refractivity (Wildman–Crippen MR) is 104 cm³/mol. The van der Waals surface area contributed by atoms with Crippen molar-refractivity contribution in [2.75, 3.05) is 6.61 Å². The third-order valence-electron chi connectivity index (χ3n) is 6.27. The van der Waals surface area contributed by atoms with E-state index in [4.69, 9.17) is 9.47 Å². The molecule has 1 aromatic rings. The topological polar surface area (TPSA) is 35.5 Å². The van der Waals surface area contributed by atoms with E-state index in [9.17, 15) is 4.79 Å². The van der Waals surface area contributed by atoms with Crippen LogP contribution in [-0.2, 0) is 4.79 Å². The van der Waals surface area contributed by atoms with E-state index in [0.717, 1.165) is 42.8 Å². The summed E-state index contributed by atoms with van der Waals surface area (Å²) in [6, 6.07) is 7.43. The number of fused-ring (bicyclic) bond motifs is 1. The first kappa shape index (κ1) is 19.3. The van der Waals surface area contributed by atoms with Gasteiger partial charge in [0.1, 0.15) is 11.5 Å². The molecule has 3 nitrogen and oxygen atoms in total. The van der Waals surface area contributed by atoms with E-state index < -0.39 is 0 Å². The van der Waals surface area contributed by atoms with Crippen molar-refractivity contribution in [3.63, 3.8) is 0 Å². The van der Waals surface area contributed by atoms with Crippen molar-refractivity contribution in [1.29, 1.82) is 0 Å². The minimum atomic E-state index is -0.0404. The van der Waals surface area contributed by atoms with E-state index in [1.807, 2.05) is 24.3 Å². The second-order valence-corrected chi connectivity index (χ2v) is 8.24. The van der Waals surface area contributed by atoms with Crippen LogP contribution in [0, 0.1) is 23.7 Å². The normalized spacial score (nSPS) is 28.2. The summed E-state index contributed by atoms with van der Waals surface area (Å²) in [6.45, 7) is 5.09. The second kappa shape index (κ2) is 9.43. The van der Waals surface area contributed by atoms with Gasteiger partial charge in [0.15, 0.2) is 0 Å². The highest BCUT2D eigenvalue weighted by Crippen LogP contribution is 2.46. The summed E-state index contributed by atoms with van der Waals surface area (Å²) in [5.74, 6) is 4.01. The highest BCUT2D eigenvalue weighted by Gasteiger charge is 2.38. The Labute approximate surface area is 158 Å². The van der Waals surface area contributed by atoms with Crippen molar-refractivity contribution in [2.45, 2.75) is 71.6 Å². The molecule has 2 fully saturated rings. The Morgan fingerprint density at radius 1 is 0.923 bits per heavy atom. The number of rotatable bonds is 7. The minimum absolute atomic E-state index is 0.0404. The van der Waals surface area contributed by atoms with Crippen LogP contribution in [0.5, 0.6) is 11.5 Å². The summed E-state index contributed by atoms with van der Waals surface area (Å²) in [5.41, 5.74) is 0. The molecular weight excluding hydrogens is 324 g/mol. The number of esters is 1. The molecule has 1 aromatic carbocycles. The first-order valence-electron chi connectivity index (χ1n) is 10.6. The summed E-state index contributed by atoms with van der Waals surface area (Å²) >= 11 is 0. The number of carbonyl (C=O) groups is 1. The summed E-state index contributed by atoms with van der Waals surface area (Å²) in [4.78, 5) is 12.6. The van der Waals surface area contributed by atoms with Crippen molar-refractivity contribution in [3.05, 3.63) is 24.3 Å². The highest BCUT2D eigenvalue weighted by molar-refractivity contribution is 5.75. The van der Waals surface area contributed by atoms with Crippen molar-refractivity contribution in [1.82, 2.24) is 0 Å². The van der Waals surface area contributed by atoms with Crippen LogP contribution < -0.4 is 9.47 Å². The zero-order valence-electron chi connectivity index (χ0n) is 16.4. The predicted octanol–water partition coefficient (Wildman–Crippen LogP) is 6.01. The Bertz CT molecular complexity index is 565. The van der Waals surface area contributed by atoms with Crippen molar-refractivity contribution < 1.29 is 14.3 Å². The van der Waals surface area contributed by atoms with Gasteiger partial charge in [-0.25, -0.2) is 0 Å². The molecule has 2 aliphatic carbocycles. The van der Waals surface area contributed by atoms with E-state index in [-0.39, 0.29) is 11.9 Å². The quantitative estimate of drug-likeness (QED) is 0.442. The lowest BCUT2D eigenvalue weighted by atomic mass is 9.64. The zero-order valence-corrected chi connectivity index (χ0v) is 16.4. The summed E-state index contributed by atoms with van der Waals surface area (Å²) in [6.07, 6.45) is 11.0. The molecule has 0 heterocycles. The molecule has 0 spiro atoms. The third kappa shape index (κ3) is 5.02. The van der Waals surface area contributed by atoms with Crippen LogP contribution in [0.3, 0.4) is 0 Å². The van der Waals surface area contributed by atoms with Gasteiger partial charge in [-0.05, 0) is 80.5 Å². The Morgan fingerprint density at radius 3 is 2.35 bits per heavy atom. The largest absolute Gasteiger partial charge is 0.494 e. The number of hydrogen-bond acceptors (Lipinski definition) is 3. The van der Waals surface area contributed by atoms with Crippen molar-refractivity contribution in [3.8, 4) is 11.5 Å². The van der Waals surface area contributed by atoms with Gasteiger partial charge in [-0.2, -0.15) is 0 Å².